The number of fused-ring (bicyclic) bond motifs is 2. The minimum absolute atomic E-state index is 0.0527. The molecule has 1 aliphatic heterocycles. The largest absolute Gasteiger partial charge is 0.484 e. The van der Waals surface area contributed by atoms with Gasteiger partial charge in [0, 0.05) is 5.92 Å². The molecule has 2 atom stereocenters. The van der Waals surface area contributed by atoms with Gasteiger partial charge in [-0.25, -0.2) is 5.01 Å². The van der Waals surface area contributed by atoms with E-state index in [2.05, 4.69) is 48.5 Å². The molecule has 0 N–H and O–H groups in total. The minimum Gasteiger partial charge on any atom is -0.484 e. The standard InChI is InChI=1S/C32H28N2O2/c35-30(22-36-28-19-18-24-12-7-8-15-26(24)21-28)34-32(25-13-5-2-6-14-25)29-17-9-16-27(31(29)33-34)20-23-10-3-1-4-11-23/h1-8,10-15,18-21,29,32H,9,16-17,22H2/b27-20+/t29-,32+/m0/s1. The lowest BCUT2D eigenvalue weighted by Crippen LogP contribution is -2.34. The van der Waals surface area contributed by atoms with Crippen LogP contribution >= 0.6 is 0 Å². The van der Waals surface area contributed by atoms with Crippen molar-refractivity contribution in [1.82, 2.24) is 5.01 Å². The summed E-state index contributed by atoms with van der Waals surface area (Å²) in [6.07, 6.45) is 5.30. The number of carbonyl (C=O) groups excluding carboxylic acids is 1. The predicted octanol–water partition coefficient (Wildman–Crippen LogP) is 7.04. The Morgan fingerprint density at radius 3 is 2.42 bits per heavy atom. The number of allylic oxidation sites excluding steroid dienone is 1. The molecular weight excluding hydrogens is 444 g/mol. The molecule has 0 bridgehead atoms. The van der Waals surface area contributed by atoms with Crippen LogP contribution in [0.3, 0.4) is 0 Å². The van der Waals surface area contributed by atoms with E-state index < -0.39 is 0 Å². The van der Waals surface area contributed by atoms with Crippen LogP contribution in [0.25, 0.3) is 16.8 Å². The van der Waals surface area contributed by atoms with Crippen molar-refractivity contribution >= 4 is 28.5 Å². The van der Waals surface area contributed by atoms with Crippen LogP contribution in [0.2, 0.25) is 0 Å². The van der Waals surface area contributed by atoms with E-state index in [9.17, 15) is 4.79 Å². The van der Waals surface area contributed by atoms with Crippen LogP contribution in [0.15, 0.2) is 114 Å². The molecule has 36 heavy (non-hydrogen) atoms. The number of ether oxygens (including phenoxy) is 1. The highest BCUT2D eigenvalue weighted by molar-refractivity contribution is 6.08. The average molecular weight is 473 g/mol. The molecule has 0 unspecified atom stereocenters. The number of hydrazone groups is 1. The Balaban J connectivity index is 1.29. The van der Waals surface area contributed by atoms with Gasteiger partial charge in [0.15, 0.2) is 6.61 Å². The second-order valence-electron chi connectivity index (χ2n) is 9.46. The number of hydrogen-bond donors (Lipinski definition) is 0. The molecule has 1 heterocycles. The van der Waals surface area contributed by atoms with Gasteiger partial charge < -0.3 is 4.74 Å². The van der Waals surface area contributed by atoms with E-state index in [1.54, 1.807) is 5.01 Å². The van der Waals surface area contributed by atoms with E-state index in [4.69, 9.17) is 9.84 Å². The van der Waals surface area contributed by atoms with Crippen molar-refractivity contribution in [2.75, 3.05) is 6.61 Å². The molecule has 4 aromatic rings. The maximum Gasteiger partial charge on any atom is 0.281 e. The molecular formula is C32H28N2O2. The first-order valence-electron chi connectivity index (χ1n) is 12.6. The van der Waals surface area contributed by atoms with Crippen molar-refractivity contribution < 1.29 is 9.53 Å². The summed E-state index contributed by atoms with van der Waals surface area (Å²) in [6, 6.07) is 34.6. The van der Waals surface area contributed by atoms with Crippen molar-refractivity contribution in [2.24, 2.45) is 11.0 Å². The van der Waals surface area contributed by atoms with Gasteiger partial charge in [-0.05, 0) is 64.9 Å². The lowest BCUT2D eigenvalue weighted by Gasteiger charge is -2.29. The van der Waals surface area contributed by atoms with Gasteiger partial charge in [0.1, 0.15) is 5.75 Å². The van der Waals surface area contributed by atoms with Crippen molar-refractivity contribution in [3.8, 4) is 5.75 Å². The number of rotatable bonds is 5. The first-order chi connectivity index (χ1) is 17.8. The fraction of sp³-hybridized carbons (Fsp3) is 0.188. The summed E-state index contributed by atoms with van der Waals surface area (Å²) in [4.78, 5) is 13.5. The summed E-state index contributed by atoms with van der Waals surface area (Å²) in [5.41, 5.74) is 4.54. The number of benzene rings is 4. The summed E-state index contributed by atoms with van der Waals surface area (Å²) in [5.74, 6) is 0.742. The molecule has 178 valence electrons. The minimum atomic E-state index is -0.127. The molecule has 4 aromatic carbocycles. The molecule has 4 heteroatoms. The van der Waals surface area contributed by atoms with Gasteiger partial charge in [0.2, 0.25) is 0 Å². The molecule has 1 amide bonds. The fourth-order valence-corrected chi connectivity index (χ4v) is 5.41. The zero-order valence-corrected chi connectivity index (χ0v) is 20.1. The zero-order chi connectivity index (χ0) is 24.3. The summed E-state index contributed by atoms with van der Waals surface area (Å²) < 4.78 is 5.97. The highest BCUT2D eigenvalue weighted by Crippen LogP contribution is 2.44. The number of amides is 1. The van der Waals surface area contributed by atoms with Crippen molar-refractivity contribution in [3.63, 3.8) is 0 Å². The Labute approximate surface area is 211 Å². The Kier molecular flexibility index (Phi) is 6.08. The van der Waals surface area contributed by atoms with Crippen molar-refractivity contribution in [3.05, 3.63) is 120 Å². The maximum atomic E-state index is 13.5. The van der Waals surface area contributed by atoms with Gasteiger partial charge in [-0.15, -0.1) is 0 Å². The predicted molar refractivity (Wildman–Crippen MR) is 145 cm³/mol. The highest BCUT2D eigenvalue weighted by Gasteiger charge is 2.43. The second-order valence-corrected chi connectivity index (χ2v) is 9.46. The van der Waals surface area contributed by atoms with Crippen LogP contribution in [-0.2, 0) is 4.79 Å². The first-order valence-corrected chi connectivity index (χ1v) is 12.6. The van der Waals surface area contributed by atoms with Crippen LogP contribution in [0.1, 0.15) is 36.4 Å². The van der Waals surface area contributed by atoms with E-state index in [0.717, 1.165) is 46.9 Å². The van der Waals surface area contributed by atoms with Crippen molar-refractivity contribution in [2.45, 2.75) is 25.3 Å². The van der Waals surface area contributed by atoms with Crippen molar-refractivity contribution in [1.29, 1.82) is 0 Å². The number of hydrogen-bond acceptors (Lipinski definition) is 3. The van der Waals surface area contributed by atoms with Gasteiger partial charge in [-0.2, -0.15) is 5.10 Å². The fourth-order valence-electron chi connectivity index (χ4n) is 5.41. The Bertz CT molecular complexity index is 1440. The lowest BCUT2D eigenvalue weighted by molar-refractivity contribution is -0.135. The molecule has 4 nitrogen and oxygen atoms in total. The molecule has 2 aliphatic rings. The van der Waals surface area contributed by atoms with E-state index in [0.29, 0.717) is 5.75 Å². The quantitative estimate of drug-likeness (QED) is 0.313. The third kappa shape index (κ3) is 4.42. The van der Waals surface area contributed by atoms with Gasteiger partial charge >= 0.3 is 0 Å². The monoisotopic (exact) mass is 472 g/mol. The summed E-state index contributed by atoms with van der Waals surface area (Å²) in [5, 5.41) is 8.88. The Hall–Kier alpha value is -4.18. The summed E-state index contributed by atoms with van der Waals surface area (Å²) in [7, 11) is 0. The highest BCUT2D eigenvalue weighted by atomic mass is 16.5. The van der Waals surface area contributed by atoms with Gasteiger partial charge in [-0.3, -0.25) is 4.79 Å². The Morgan fingerprint density at radius 2 is 1.61 bits per heavy atom. The SMILES string of the molecule is O=C(COc1ccc2ccccc2c1)N1N=C2/C(=C/c3ccccc3)CCC[C@@H]2[C@H]1c1ccccc1. The molecule has 1 aliphatic carbocycles. The molecule has 1 fully saturated rings. The molecule has 0 spiro atoms. The first kappa shape index (κ1) is 22.3. The third-order valence-electron chi connectivity index (χ3n) is 7.12. The summed E-state index contributed by atoms with van der Waals surface area (Å²) in [6.45, 7) is -0.0527. The maximum absolute atomic E-state index is 13.5. The van der Waals surface area contributed by atoms with Gasteiger partial charge in [0.05, 0.1) is 11.8 Å². The van der Waals surface area contributed by atoms with Gasteiger partial charge in [-0.1, -0.05) is 91.0 Å². The second kappa shape index (κ2) is 9.82. The molecule has 0 aromatic heterocycles. The van der Waals surface area contributed by atoms with E-state index in [-0.39, 0.29) is 24.5 Å². The smallest absolute Gasteiger partial charge is 0.281 e. The lowest BCUT2D eigenvalue weighted by atomic mass is 9.77. The molecule has 0 radical (unpaired) electrons. The normalized spacial score (nSPS) is 20.3. The molecule has 0 saturated heterocycles. The average Bonchev–Trinajstić information content (AvgIpc) is 3.33. The van der Waals surface area contributed by atoms with Crippen LogP contribution in [0.4, 0.5) is 0 Å². The zero-order valence-electron chi connectivity index (χ0n) is 20.1. The number of carbonyl (C=O) groups is 1. The van der Waals surface area contributed by atoms with Crippen LogP contribution < -0.4 is 4.74 Å². The Morgan fingerprint density at radius 1 is 0.889 bits per heavy atom. The van der Waals surface area contributed by atoms with Gasteiger partial charge in [0.25, 0.3) is 5.91 Å². The topological polar surface area (TPSA) is 41.9 Å². The van der Waals surface area contributed by atoms with Crippen LogP contribution in [-0.4, -0.2) is 23.2 Å². The molecule has 1 saturated carbocycles. The van der Waals surface area contributed by atoms with Crippen LogP contribution in [0.5, 0.6) is 5.75 Å². The summed E-state index contributed by atoms with van der Waals surface area (Å²) >= 11 is 0. The van der Waals surface area contributed by atoms with E-state index in [1.165, 1.54) is 5.57 Å². The van der Waals surface area contributed by atoms with E-state index in [1.807, 2.05) is 60.7 Å². The van der Waals surface area contributed by atoms with Crippen LogP contribution in [0, 0.1) is 5.92 Å². The third-order valence-corrected chi connectivity index (χ3v) is 7.12. The molecule has 6 rings (SSSR count). The van der Waals surface area contributed by atoms with E-state index >= 15 is 0 Å². The number of nitrogens with zero attached hydrogens (tertiary/aromatic N) is 2.